The lowest BCUT2D eigenvalue weighted by atomic mass is 9.99. The number of ether oxygens (including phenoxy) is 1. The van der Waals surface area contributed by atoms with Crippen molar-refractivity contribution in [3.63, 3.8) is 0 Å². The number of carbonyl (C=O) groups is 1. The number of halogens is 1. The first kappa shape index (κ1) is 13.4. The van der Waals surface area contributed by atoms with Crippen LogP contribution in [0, 0.1) is 11.7 Å². The van der Waals surface area contributed by atoms with Gasteiger partial charge in [-0.1, -0.05) is 0 Å². The van der Waals surface area contributed by atoms with Gasteiger partial charge in [0.15, 0.2) is 0 Å². The molecule has 0 aromatic heterocycles. The summed E-state index contributed by atoms with van der Waals surface area (Å²) in [5.74, 6) is 0.875. The summed E-state index contributed by atoms with van der Waals surface area (Å²) in [7, 11) is 0. The maximum absolute atomic E-state index is 12.8. The van der Waals surface area contributed by atoms with Crippen molar-refractivity contribution in [2.24, 2.45) is 5.92 Å². The van der Waals surface area contributed by atoms with E-state index >= 15 is 0 Å². The fourth-order valence-corrected chi connectivity index (χ4v) is 2.62. The quantitative estimate of drug-likeness (QED) is 0.909. The molecule has 1 amide bonds. The third-order valence-corrected chi connectivity index (χ3v) is 4.00. The first-order valence-electron chi connectivity index (χ1n) is 7.14. The van der Waals surface area contributed by atoms with Crippen molar-refractivity contribution in [2.45, 2.75) is 18.9 Å². The molecule has 0 atom stereocenters. The van der Waals surface area contributed by atoms with Crippen LogP contribution >= 0.6 is 0 Å². The van der Waals surface area contributed by atoms with E-state index in [0.29, 0.717) is 5.75 Å². The molecule has 0 radical (unpaired) electrons. The summed E-state index contributed by atoms with van der Waals surface area (Å²) in [5, 5.41) is 3.12. The van der Waals surface area contributed by atoms with Crippen LogP contribution in [-0.2, 0) is 4.79 Å². The van der Waals surface area contributed by atoms with E-state index in [1.54, 1.807) is 12.1 Å². The molecule has 2 aliphatic rings. The fraction of sp³-hybridized carbons (Fsp3) is 0.533. The Hall–Kier alpha value is -1.62. The minimum atomic E-state index is -0.258. The summed E-state index contributed by atoms with van der Waals surface area (Å²) in [4.78, 5) is 14.0. The van der Waals surface area contributed by atoms with Crippen LogP contribution in [0.4, 0.5) is 4.39 Å². The zero-order chi connectivity index (χ0) is 13.9. The monoisotopic (exact) mass is 278 g/mol. The van der Waals surface area contributed by atoms with Crippen molar-refractivity contribution in [1.82, 2.24) is 10.2 Å². The molecule has 1 aromatic rings. The topological polar surface area (TPSA) is 41.6 Å². The highest BCUT2D eigenvalue weighted by Crippen LogP contribution is 2.21. The van der Waals surface area contributed by atoms with Crippen LogP contribution in [-0.4, -0.2) is 43.1 Å². The zero-order valence-corrected chi connectivity index (χ0v) is 11.3. The normalized spacial score (nSPS) is 20.6. The van der Waals surface area contributed by atoms with Gasteiger partial charge in [0.05, 0.1) is 5.92 Å². The summed E-state index contributed by atoms with van der Waals surface area (Å²) in [6.07, 6.45) is 1.79. The van der Waals surface area contributed by atoms with E-state index in [2.05, 4.69) is 5.32 Å². The van der Waals surface area contributed by atoms with Gasteiger partial charge in [-0.15, -0.1) is 0 Å². The number of amides is 1. The summed E-state index contributed by atoms with van der Waals surface area (Å²) in [6.45, 7) is 3.12. The lowest BCUT2D eigenvalue weighted by Gasteiger charge is -2.36. The van der Waals surface area contributed by atoms with Crippen LogP contribution in [0.5, 0.6) is 5.75 Å². The van der Waals surface area contributed by atoms with Gasteiger partial charge in [0, 0.05) is 39.0 Å². The van der Waals surface area contributed by atoms with Gasteiger partial charge in [0.25, 0.3) is 0 Å². The second-order valence-corrected chi connectivity index (χ2v) is 5.45. The van der Waals surface area contributed by atoms with Crippen LogP contribution in [0.2, 0.25) is 0 Å². The van der Waals surface area contributed by atoms with E-state index in [0.717, 1.165) is 39.0 Å². The molecular weight excluding hydrogens is 259 g/mol. The minimum absolute atomic E-state index is 0.115. The molecular formula is C15H19FN2O2. The molecule has 2 saturated heterocycles. The average Bonchev–Trinajstić information content (AvgIpc) is 2.40. The molecule has 4 nitrogen and oxygen atoms in total. The van der Waals surface area contributed by atoms with E-state index < -0.39 is 0 Å². The number of carbonyl (C=O) groups excluding carboxylic acids is 1. The van der Waals surface area contributed by atoms with Gasteiger partial charge in [-0.25, -0.2) is 4.39 Å². The van der Waals surface area contributed by atoms with Crippen LogP contribution < -0.4 is 10.1 Å². The van der Waals surface area contributed by atoms with Gasteiger partial charge in [0.2, 0.25) is 5.91 Å². The number of piperidine rings is 1. The number of benzene rings is 1. The Morgan fingerprint density at radius 2 is 1.85 bits per heavy atom. The molecule has 2 fully saturated rings. The van der Waals surface area contributed by atoms with Crippen molar-refractivity contribution in [2.75, 3.05) is 26.2 Å². The zero-order valence-electron chi connectivity index (χ0n) is 11.3. The summed E-state index contributed by atoms with van der Waals surface area (Å²) in [5.41, 5.74) is 0. The first-order chi connectivity index (χ1) is 9.72. The van der Waals surface area contributed by atoms with Crippen molar-refractivity contribution in [1.29, 1.82) is 0 Å². The molecule has 0 unspecified atom stereocenters. The van der Waals surface area contributed by atoms with Gasteiger partial charge in [0.1, 0.15) is 17.7 Å². The van der Waals surface area contributed by atoms with Crippen LogP contribution in [0.15, 0.2) is 24.3 Å². The highest BCUT2D eigenvalue weighted by atomic mass is 19.1. The highest BCUT2D eigenvalue weighted by Gasteiger charge is 2.31. The average molecular weight is 278 g/mol. The van der Waals surface area contributed by atoms with E-state index in [1.807, 2.05) is 4.90 Å². The van der Waals surface area contributed by atoms with Crippen molar-refractivity contribution in [3.8, 4) is 5.75 Å². The molecule has 108 valence electrons. The molecule has 1 aromatic carbocycles. The van der Waals surface area contributed by atoms with Crippen molar-refractivity contribution < 1.29 is 13.9 Å². The third-order valence-electron chi connectivity index (χ3n) is 4.00. The molecule has 5 heteroatoms. The molecule has 0 spiro atoms. The number of nitrogens with one attached hydrogen (secondary N) is 1. The fourth-order valence-electron chi connectivity index (χ4n) is 2.62. The third kappa shape index (κ3) is 2.93. The standard InChI is InChI=1S/C15H19FN2O2/c16-12-1-3-13(4-2-12)20-14-5-7-18(8-6-14)15(19)11-9-17-10-11/h1-4,11,14,17H,5-10H2. The van der Waals surface area contributed by atoms with Crippen LogP contribution in [0.1, 0.15) is 12.8 Å². The second-order valence-electron chi connectivity index (χ2n) is 5.45. The number of rotatable bonds is 3. The Kier molecular flexibility index (Phi) is 3.87. The number of likely N-dealkylation sites (tertiary alicyclic amines) is 1. The Balaban J connectivity index is 1.48. The number of nitrogens with zero attached hydrogens (tertiary/aromatic N) is 1. The van der Waals surface area contributed by atoms with Gasteiger partial charge >= 0.3 is 0 Å². The van der Waals surface area contributed by atoms with Crippen LogP contribution in [0.3, 0.4) is 0 Å². The molecule has 0 aliphatic carbocycles. The van der Waals surface area contributed by atoms with E-state index in [1.165, 1.54) is 12.1 Å². The molecule has 2 heterocycles. The first-order valence-corrected chi connectivity index (χ1v) is 7.14. The van der Waals surface area contributed by atoms with Gasteiger partial charge < -0.3 is 15.0 Å². The van der Waals surface area contributed by atoms with E-state index in [9.17, 15) is 9.18 Å². The summed E-state index contributed by atoms with van der Waals surface area (Å²) in [6, 6.07) is 6.09. The van der Waals surface area contributed by atoms with Crippen LogP contribution in [0.25, 0.3) is 0 Å². The molecule has 20 heavy (non-hydrogen) atoms. The van der Waals surface area contributed by atoms with E-state index in [-0.39, 0.29) is 23.7 Å². The maximum Gasteiger partial charge on any atom is 0.228 e. The van der Waals surface area contributed by atoms with Gasteiger partial charge in [-0.05, 0) is 24.3 Å². The Labute approximate surface area is 117 Å². The lowest BCUT2D eigenvalue weighted by Crippen LogP contribution is -2.54. The molecule has 1 N–H and O–H groups in total. The largest absolute Gasteiger partial charge is 0.490 e. The lowest BCUT2D eigenvalue weighted by molar-refractivity contribution is -0.138. The highest BCUT2D eigenvalue weighted by molar-refractivity contribution is 5.80. The van der Waals surface area contributed by atoms with Gasteiger partial charge in [-0.2, -0.15) is 0 Å². The summed E-state index contributed by atoms with van der Waals surface area (Å²) >= 11 is 0. The second kappa shape index (κ2) is 5.79. The number of hydrogen-bond donors (Lipinski definition) is 1. The Morgan fingerprint density at radius 3 is 2.40 bits per heavy atom. The maximum atomic E-state index is 12.8. The summed E-state index contributed by atoms with van der Waals surface area (Å²) < 4.78 is 18.6. The van der Waals surface area contributed by atoms with Gasteiger partial charge in [-0.3, -0.25) is 4.79 Å². The molecule has 0 saturated carbocycles. The smallest absolute Gasteiger partial charge is 0.228 e. The number of hydrogen-bond acceptors (Lipinski definition) is 3. The predicted molar refractivity (Wildman–Crippen MR) is 73.0 cm³/mol. The minimum Gasteiger partial charge on any atom is -0.490 e. The van der Waals surface area contributed by atoms with Crippen molar-refractivity contribution in [3.05, 3.63) is 30.1 Å². The molecule has 3 rings (SSSR count). The van der Waals surface area contributed by atoms with E-state index in [4.69, 9.17) is 4.74 Å². The Bertz CT molecular complexity index is 465. The Morgan fingerprint density at radius 1 is 1.20 bits per heavy atom. The SMILES string of the molecule is O=C(C1CNC1)N1CCC(Oc2ccc(F)cc2)CC1. The molecule has 0 bridgehead atoms. The molecule has 2 aliphatic heterocycles. The predicted octanol–water partition coefficient (Wildman–Crippen LogP) is 1.41. The van der Waals surface area contributed by atoms with Crippen molar-refractivity contribution >= 4 is 5.91 Å².